The minimum atomic E-state index is -0.0133. The number of halogens is 2. The first kappa shape index (κ1) is 20.1. The zero-order valence-corrected chi connectivity index (χ0v) is 17.3. The molecule has 3 nitrogen and oxygen atoms in total. The summed E-state index contributed by atoms with van der Waals surface area (Å²) in [7, 11) is 1.68. The van der Waals surface area contributed by atoms with Crippen LogP contribution in [0.1, 0.15) is 78.6 Å². The maximum atomic E-state index is 6.34. The van der Waals surface area contributed by atoms with E-state index in [-0.39, 0.29) is 5.54 Å². The molecule has 0 N–H and O–H groups in total. The molecule has 1 rings (SSSR count). The first-order valence-electron chi connectivity index (χ1n) is 8.48. The molecule has 5 heteroatoms. The normalized spacial score (nSPS) is 14.1. The van der Waals surface area contributed by atoms with Gasteiger partial charge in [-0.25, -0.2) is 4.68 Å². The number of hydrogen-bond donors (Lipinski definition) is 0. The minimum absolute atomic E-state index is 0.0133. The van der Waals surface area contributed by atoms with E-state index in [0.29, 0.717) is 10.9 Å². The smallest absolute Gasteiger partial charge is 0.232 e. The Kier molecular flexibility index (Phi) is 9.14. The van der Waals surface area contributed by atoms with Gasteiger partial charge < -0.3 is 4.74 Å². The Morgan fingerprint density at radius 1 is 1.09 bits per heavy atom. The van der Waals surface area contributed by atoms with Crippen molar-refractivity contribution >= 4 is 34.2 Å². The van der Waals surface area contributed by atoms with Crippen molar-refractivity contribution in [2.24, 2.45) is 0 Å². The van der Waals surface area contributed by atoms with Gasteiger partial charge >= 0.3 is 0 Å². The van der Waals surface area contributed by atoms with Crippen molar-refractivity contribution in [3.8, 4) is 5.88 Å². The average Bonchev–Trinajstić information content (AvgIpc) is 2.80. The largest absolute Gasteiger partial charge is 0.480 e. The zero-order chi connectivity index (χ0) is 16.6. The second-order valence-electron chi connectivity index (χ2n) is 6.29. The molecule has 0 aliphatic heterocycles. The van der Waals surface area contributed by atoms with Crippen LogP contribution < -0.4 is 4.74 Å². The van der Waals surface area contributed by atoms with Gasteiger partial charge in [0, 0.05) is 0 Å². The van der Waals surface area contributed by atoms with Gasteiger partial charge in [-0.1, -0.05) is 70.4 Å². The number of unbranched alkanes of at least 4 members (excludes halogenated alkanes) is 5. The SMILES string of the molecule is CCCCCCCC(C)(CCCC)n1nc(I)c(Cl)c1OC. The van der Waals surface area contributed by atoms with Gasteiger partial charge in [-0.15, -0.1) is 0 Å². The monoisotopic (exact) mass is 440 g/mol. The lowest BCUT2D eigenvalue weighted by Gasteiger charge is -2.31. The highest BCUT2D eigenvalue weighted by molar-refractivity contribution is 14.1. The van der Waals surface area contributed by atoms with Gasteiger partial charge in [-0.05, 0) is 42.4 Å². The number of hydrogen-bond acceptors (Lipinski definition) is 2. The van der Waals surface area contributed by atoms with Gasteiger partial charge in [0.05, 0.1) is 12.6 Å². The van der Waals surface area contributed by atoms with E-state index < -0.39 is 0 Å². The Balaban J connectivity index is 2.88. The Hall–Kier alpha value is 0.0300. The highest BCUT2D eigenvalue weighted by Gasteiger charge is 2.31. The summed E-state index contributed by atoms with van der Waals surface area (Å²) in [4.78, 5) is 0. The molecule has 1 atom stereocenters. The van der Waals surface area contributed by atoms with Crippen molar-refractivity contribution in [3.05, 3.63) is 8.72 Å². The topological polar surface area (TPSA) is 27.1 Å². The van der Waals surface area contributed by atoms with Gasteiger partial charge in [0.25, 0.3) is 0 Å². The Bertz CT molecular complexity index is 450. The van der Waals surface area contributed by atoms with Gasteiger partial charge in [0.1, 0.15) is 8.72 Å². The first-order valence-corrected chi connectivity index (χ1v) is 9.94. The lowest BCUT2D eigenvalue weighted by molar-refractivity contribution is 0.200. The van der Waals surface area contributed by atoms with Crippen molar-refractivity contribution in [2.75, 3.05) is 7.11 Å². The summed E-state index contributed by atoms with van der Waals surface area (Å²) in [5, 5.41) is 5.30. The predicted octanol–water partition coefficient (Wildman–Crippen LogP) is 6.42. The van der Waals surface area contributed by atoms with Crippen LogP contribution in [0.5, 0.6) is 5.88 Å². The molecule has 0 radical (unpaired) electrons. The van der Waals surface area contributed by atoms with E-state index in [1.165, 1.54) is 44.9 Å². The fourth-order valence-electron chi connectivity index (χ4n) is 2.90. The van der Waals surface area contributed by atoms with Gasteiger partial charge in [-0.3, -0.25) is 0 Å². The fourth-order valence-corrected chi connectivity index (χ4v) is 3.55. The Morgan fingerprint density at radius 3 is 2.27 bits per heavy atom. The predicted molar refractivity (Wildman–Crippen MR) is 103 cm³/mol. The number of ether oxygens (including phenoxy) is 1. The van der Waals surface area contributed by atoms with Crippen LogP contribution in [-0.4, -0.2) is 16.9 Å². The van der Waals surface area contributed by atoms with E-state index in [1.54, 1.807) is 7.11 Å². The summed E-state index contributed by atoms with van der Waals surface area (Å²) in [6, 6.07) is 0. The van der Waals surface area contributed by atoms with Crippen LogP contribution in [0.25, 0.3) is 0 Å². The van der Waals surface area contributed by atoms with E-state index >= 15 is 0 Å². The third kappa shape index (κ3) is 5.29. The molecule has 128 valence electrons. The van der Waals surface area contributed by atoms with Crippen molar-refractivity contribution in [1.29, 1.82) is 0 Å². The molecule has 0 saturated heterocycles. The lowest BCUT2D eigenvalue weighted by atomic mass is 9.88. The van der Waals surface area contributed by atoms with E-state index in [2.05, 4.69) is 48.5 Å². The van der Waals surface area contributed by atoms with E-state index in [0.717, 1.165) is 16.5 Å². The summed E-state index contributed by atoms with van der Waals surface area (Å²) < 4.78 is 8.39. The number of nitrogens with zero attached hydrogens (tertiary/aromatic N) is 2. The minimum Gasteiger partial charge on any atom is -0.480 e. The number of methoxy groups -OCH3 is 1. The van der Waals surface area contributed by atoms with Crippen LogP contribution >= 0.6 is 34.2 Å². The van der Waals surface area contributed by atoms with Crippen LogP contribution in [0, 0.1) is 3.70 Å². The summed E-state index contributed by atoms with van der Waals surface area (Å²) in [5.41, 5.74) is -0.0133. The molecule has 0 bridgehead atoms. The van der Waals surface area contributed by atoms with Crippen LogP contribution in [0.15, 0.2) is 0 Å². The second-order valence-corrected chi connectivity index (χ2v) is 7.69. The van der Waals surface area contributed by atoms with Gasteiger partial charge in [0.15, 0.2) is 0 Å². The second kappa shape index (κ2) is 10.0. The summed E-state index contributed by atoms with van der Waals surface area (Å²) in [6.45, 7) is 6.78. The lowest BCUT2D eigenvalue weighted by Crippen LogP contribution is -2.32. The molecule has 0 aliphatic rings. The third-order valence-electron chi connectivity index (χ3n) is 4.34. The van der Waals surface area contributed by atoms with Crippen LogP contribution in [0.3, 0.4) is 0 Å². The molecule has 0 aliphatic carbocycles. The molecule has 1 aromatic heterocycles. The summed E-state index contributed by atoms with van der Waals surface area (Å²) >= 11 is 8.52. The van der Waals surface area contributed by atoms with Crippen LogP contribution in [0.4, 0.5) is 0 Å². The Morgan fingerprint density at radius 2 is 1.68 bits per heavy atom. The highest BCUT2D eigenvalue weighted by Crippen LogP contribution is 2.38. The Labute approximate surface area is 154 Å². The van der Waals surface area contributed by atoms with Gasteiger partial charge in [0.2, 0.25) is 5.88 Å². The summed E-state index contributed by atoms with van der Waals surface area (Å²) in [6.07, 6.45) is 11.1. The van der Waals surface area contributed by atoms with E-state index in [1.807, 2.05) is 4.68 Å². The third-order valence-corrected chi connectivity index (χ3v) is 5.76. The first-order chi connectivity index (χ1) is 10.5. The molecule has 1 aromatic rings. The maximum Gasteiger partial charge on any atom is 0.232 e. The summed E-state index contributed by atoms with van der Waals surface area (Å²) in [5.74, 6) is 0.707. The molecule has 1 heterocycles. The molecular weight excluding hydrogens is 411 g/mol. The highest BCUT2D eigenvalue weighted by atomic mass is 127. The molecule has 0 amide bonds. The number of aromatic nitrogens is 2. The molecule has 0 aromatic carbocycles. The van der Waals surface area contributed by atoms with Crippen molar-refractivity contribution in [3.63, 3.8) is 0 Å². The fraction of sp³-hybridized carbons (Fsp3) is 0.824. The van der Waals surface area contributed by atoms with Crippen molar-refractivity contribution < 1.29 is 4.74 Å². The maximum absolute atomic E-state index is 6.34. The standard InChI is InChI=1S/C17H30ClIN2O/c1-5-7-9-10-11-13-17(3,12-8-6-2)21-16(22-4)14(18)15(19)20-21/h5-13H2,1-4H3. The van der Waals surface area contributed by atoms with E-state index in [9.17, 15) is 0 Å². The molecule has 0 fully saturated rings. The van der Waals surface area contributed by atoms with Crippen molar-refractivity contribution in [1.82, 2.24) is 9.78 Å². The number of rotatable bonds is 11. The molecule has 22 heavy (non-hydrogen) atoms. The van der Waals surface area contributed by atoms with Gasteiger partial charge in [-0.2, -0.15) is 5.10 Å². The molecule has 0 saturated carbocycles. The van der Waals surface area contributed by atoms with E-state index in [4.69, 9.17) is 16.3 Å². The van der Waals surface area contributed by atoms with Crippen LogP contribution in [-0.2, 0) is 5.54 Å². The molecular formula is C17H30ClIN2O. The van der Waals surface area contributed by atoms with Crippen molar-refractivity contribution in [2.45, 2.75) is 84.1 Å². The average molecular weight is 441 g/mol. The quantitative estimate of drug-likeness (QED) is 0.293. The molecule has 1 unspecified atom stereocenters. The zero-order valence-electron chi connectivity index (χ0n) is 14.4. The molecule has 0 spiro atoms. The van der Waals surface area contributed by atoms with Crippen LogP contribution in [0.2, 0.25) is 5.02 Å².